The van der Waals surface area contributed by atoms with E-state index in [2.05, 4.69) is 5.16 Å². The minimum absolute atomic E-state index is 0.0465. The number of hydrogen-bond acceptors (Lipinski definition) is 3. The molecule has 0 aromatic heterocycles. The number of halogens is 2. The molecule has 1 heterocycles. The molecule has 1 amide bonds. The smallest absolute Gasteiger partial charge is 0.256 e. The first kappa shape index (κ1) is 18.0. The van der Waals surface area contributed by atoms with E-state index in [1.807, 2.05) is 6.92 Å². The van der Waals surface area contributed by atoms with Crippen LogP contribution >= 0.6 is 0 Å². The molecule has 136 valence electrons. The Balaban J connectivity index is 1.68. The Hall–Kier alpha value is -2.76. The van der Waals surface area contributed by atoms with Crippen molar-refractivity contribution < 1.29 is 18.4 Å². The van der Waals surface area contributed by atoms with Gasteiger partial charge >= 0.3 is 0 Å². The lowest BCUT2D eigenvalue weighted by atomic mass is 10.0. The third kappa shape index (κ3) is 4.07. The number of carbonyl (C=O) groups is 1. The number of amides is 1. The molecule has 0 N–H and O–H groups in total. The van der Waals surface area contributed by atoms with Crippen LogP contribution in [0.25, 0.3) is 0 Å². The molecule has 4 nitrogen and oxygen atoms in total. The van der Waals surface area contributed by atoms with E-state index < -0.39 is 5.82 Å². The van der Waals surface area contributed by atoms with Crippen LogP contribution in [0.4, 0.5) is 8.78 Å². The van der Waals surface area contributed by atoms with Gasteiger partial charge in [-0.3, -0.25) is 4.79 Å². The number of benzene rings is 2. The molecule has 1 aliphatic heterocycles. The lowest BCUT2D eigenvalue weighted by Crippen LogP contribution is -2.38. The molecule has 0 spiro atoms. The van der Waals surface area contributed by atoms with Crippen LogP contribution in [0.2, 0.25) is 0 Å². The minimum Gasteiger partial charge on any atom is -0.390 e. The summed E-state index contributed by atoms with van der Waals surface area (Å²) in [6.45, 7) is 2.73. The van der Waals surface area contributed by atoms with E-state index in [9.17, 15) is 13.6 Å². The van der Waals surface area contributed by atoms with Crippen molar-refractivity contribution in [3.8, 4) is 0 Å². The molecule has 0 fully saturated rings. The first-order valence-corrected chi connectivity index (χ1v) is 8.61. The van der Waals surface area contributed by atoms with Crippen LogP contribution in [0.15, 0.2) is 53.7 Å². The zero-order valence-electron chi connectivity index (χ0n) is 14.5. The van der Waals surface area contributed by atoms with Gasteiger partial charge < -0.3 is 9.74 Å². The largest absolute Gasteiger partial charge is 0.390 e. The van der Waals surface area contributed by atoms with E-state index in [0.29, 0.717) is 30.8 Å². The summed E-state index contributed by atoms with van der Waals surface area (Å²) in [5, 5.41) is 4.03. The molecule has 0 unspecified atom stereocenters. The van der Waals surface area contributed by atoms with Crippen molar-refractivity contribution in [2.75, 3.05) is 13.1 Å². The molecule has 6 heteroatoms. The highest BCUT2D eigenvalue weighted by molar-refractivity contribution is 6.01. The average molecular weight is 358 g/mol. The zero-order chi connectivity index (χ0) is 18.5. The first-order chi connectivity index (χ1) is 12.6. The highest BCUT2D eigenvalue weighted by atomic mass is 19.1. The number of oxime groups is 1. The van der Waals surface area contributed by atoms with Gasteiger partial charge in [-0.2, -0.15) is 0 Å². The van der Waals surface area contributed by atoms with Crippen molar-refractivity contribution in [1.29, 1.82) is 0 Å². The quantitative estimate of drug-likeness (QED) is 0.783. The lowest BCUT2D eigenvalue weighted by molar-refractivity contribution is 0.0421. The third-order valence-electron chi connectivity index (χ3n) is 4.20. The molecule has 0 saturated carbocycles. The first-order valence-electron chi connectivity index (χ1n) is 8.61. The topological polar surface area (TPSA) is 41.9 Å². The van der Waals surface area contributed by atoms with E-state index >= 15 is 0 Å². The lowest BCUT2D eigenvalue weighted by Gasteiger charge is -2.24. The molecular weight excluding hydrogens is 338 g/mol. The number of hydrogen-bond donors (Lipinski definition) is 0. The predicted octanol–water partition coefficient (Wildman–Crippen LogP) is 4.01. The van der Waals surface area contributed by atoms with Crippen molar-refractivity contribution in [1.82, 2.24) is 4.90 Å². The molecule has 0 saturated heterocycles. The number of rotatable bonds is 6. The Morgan fingerprint density at radius 1 is 1.23 bits per heavy atom. The van der Waals surface area contributed by atoms with Gasteiger partial charge in [-0.15, -0.1) is 0 Å². The molecule has 2 aromatic carbocycles. The molecule has 0 bridgehead atoms. The second-order valence-corrected chi connectivity index (χ2v) is 6.21. The second-order valence-electron chi connectivity index (χ2n) is 6.21. The predicted molar refractivity (Wildman–Crippen MR) is 95.0 cm³/mol. The molecule has 0 radical (unpaired) electrons. The summed E-state index contributed by atoms with van der Waals surface area (Å²) in [7, 11) is 0. The summed E-state index contributed by atoms with van der Waals surface area (Å²) >= 11 is 0. The highest BCUT2D eigenvalue weighted by Crippen LogP contribution is 2.20. The van der Waals surface area contributed by atoms with Crippen LogP contribution in [0, 0.1) is 11.6 Å². The van der Waals surface area contributed by atoms with Gasteiger partial charge in [0.05, 0.1) is 17.8 Å². The van der Waals surface area contributed by atoms with Crippen molar-refractivity contribution in [2.24, 2.45) is 5.16 Å². The van der Waals surface area contributed by atoms with Crippen LogP contribution in [0.5, 0.6) is 0 Å². The molecule has 1 aliphatic rings. The molecular formula is C20H20F2N2O2. The Kier molecular flexibility index (Phi) is 5.61. The van der Waals surface area contributed by atoms with Crippen LogP contribution < -0.4 is 0 Å². The summed E-state index contributed by atoms with van der Waals surface area (Å²) in [6, 6.07) is 12.1. The minimum atomic E-state index is -0.539. The fourth-order valence-electron chi connectivity index (χ4n) is 2.96. The van der Waals surface area contributed by atoms with Crippen molar-refractivity contribution in [3.63, 3.8) is 0 Å². The maximum atomic E-state index is 13.9. The molecule has 26 heavy (non-hydrogen) atoms. The van der Waals surface area contributed by atoms with Gasteiger partial charge in [0, 0.05) is 18.5 Å². The van der Waals surface area contributed by atoms with Crippen molar-refractivity contribution in [2.45, 2.75) is 25.9 Å². The van der Waals surface area contributed by atoms with Gasteiger partial charge in [0.15, 0.2) is 6.10 Å². The van der Waals surface area contributed by atoms with Crippen LogP contribution in [0.1, 0.15) is 35.7 Å². The summed E-state index contributed by atoms with van der Waals surface area (Å²) in [5.41, 5.74) is 1.35. The Bertz CT molecular complexity index is 823. The Morgan fingerprint density at radius 2 is 2.04 bits per heavy atom. The van der Waals surface area contributed by atoms with E-state index in [1.54, 1.807) is 29.2 Å². The fraction of sp³-hybridized carbons (Fsp3) is 0.300. The maximum absolute atomic E-state index is 13.9. The summed E-state index contributed by atoms with van der Waals surface area (Å²) in [5.74, 6) is -1.24. The second kappa shape index (κ2) is 8.08. The van der Waals surface area contributed by atoms with Crippen molar-refractivity contribution >= 4 is 11.6 Å². The Labute approximate surface area is 151 Å². The maximum Gasteiger partial charge on any atom is 0.256 e. The van der Waals surface area contributed by atoms with Gasteiger partial charge in [-0.25, -0.2) is 8.78 Å². The van der Waals surface area contributed by atoms with Gasteiger partial charge in [-0.1, -0.05) is 36.3 Å². The van der Waals surface area contributed by atoms with Crippen molar-refractivity contribution in [3.05, 3.63) is 71.3 Å². The van der Waals surface area contributed by atoms with E-state index in [1.165, 1.54) is 24.3 Å². The molecule has 1 atom stereocenters. The van der Waals surface area contributed by atoms with E-state index in [4.69, 9.17) is 4.84 Å². The number of nitrogens with zero attached hydrogens (tertiary/aromatic N) is 2. The number of carbonyl (C=O) groups excluding carboxylic acids is 1. The fourth-order valence-corrected chi connectivity index (χ4v) is 2.96. The molecule has 2 aromatic rings. The Morgan fingerprint density at radius 3 is 2.77 bits per heavy atom. The normalized spacial score (nSPS) is 16.1. The van der Waals surface area contributed by atoms with E-state index in [0.717, 1.165) is 6.42 Å². The summed E-state index contributed by atoms with van der Waals surface area (Å²) in [6.07, 6.45) is 0.870. The SMILES string of the molecule is CCCN(C[C@H]1CC(c2cccc(F)c2)=NO1)C(=O)c1ccccc1F. The van der Waals surface area contributed by atoms with Gasteiger partial charge in [-0.05, 0) is 30.7 Å². The summed E-state index contributed by atoms with van der Waals surface area (Å²) < 4.78 is 27.3. The van der Waals surface area contributed by atoms with Gasteiger partial charge in [0.25, 0.3) is 5.91 Å². The highest BCUT2D eigenvalue weighted by Gasteiger charge is 2.27. The standard InChI is InChI=1S/C20H20F2N2O2/c1-2-10-24(20(25)17-8-3-4-9-18(17)22)13-16-12-19(23-26-16)14-6-5-7-15(21)11-14/h3-9,11,16H,2,10,12-13H2,1H3/t16-/m1/s1. The van der Waals surface area contributed by atoms with Gasteiger partial charge in [0.2, 0.25) is 0 Å². The average Bonchev–Trinajstić information content (AvgIpc) is 3.10. The third-order valence-corrected chi connectivity index (χ3v) is 4.20. The van der Waals surface area contributed by atoms with Crippen LogP contribution in [0.3, 0.4) is 0 Å². The van der Waals surface area contributed by atoms with Crippen LogP contribution in [-0.4, -0.2) is 35.7 Å². The monoisotopic (exact) mass is 358 g/mol. The van der Waals surface area contributed by atoms with Gasteiger partial charge in [0.1, 0.15) is 11.6 Å². The molecule has 3 rings (SSSR count). The van der Waals surface area contributed by atoms with Crippen LogP contribution in [-0.2, 0) is 4.84 Å². The zero-order valence-corrected chi connectivity index (χ0v) is 14.5. The molecule has 0 aliphatic carbocycles. The van der Waals surface area contributed by atoms with E-state index in [-0.39, 0.29) is 23.4 Å². The summed E-state index contributed by atoms with van der Waals surface area (Å²) in [4.78, 5) is 19.7.